The van der Waals surface area contributed by atoms with E-state index >= 15 is 0 Å². The Balaban J connectivity index is 2.79. The van der Waals surface area contributed by atoms with Crippen LogP contribution in [-0.2, 0) is 28.5 Å². The number of nitrogens with zero attached hydrogens (tertiary/aromatic N) is 1. The summed E-state index contributed by atoms with van der Waals surface area (Å²) in [7, 11) is 5.54. The van der Waals surface area contributed by atoms with Crippen LogP contribution in [0.15, 0.2) is 40.5 Å². The van der Waals surface area contributed by atoms with Crippen LogP contribution in [-0.4, -0.2) is 59.3 Å². The molecule has 0 amide bonds. The minimum atomic E-state index is -0.885. The zero-order valence-corrected chi connectivity index (χ0v) is 16.4. The summed E-state index contributed by atoms with van der Waals surface area (Å²) in [6, 6.07) is 7.00. The smallest absolute Gasteiger partial charge is 0.336 e. The van der Waals surface area contributed by atoms with Crippen molar-refractivity contribution in [3.8, 4) is 0 Å². The number of benzene rings is 1. The molecule has 1 aliphatic heterocycles. The van der Waals surface area contributed by atoms with E-state index in [1.807, 2.05) is 0 Å². The van der Waals surface area contributed by atoms with Gasteiger partial charge in [-0.05, 0) is 11.6 Å². The average molecular weight is 396 g/mol. The van der Waals surface area contributed by atoms with Crippen molar-refractivity contribution in [3.05, 3.63) is 46.1 Å². The minimum absolute atomic E-state index is 0.0620. The Morgan fingerprint density at radius 3 is 2.26 bits per heavy atom. The Bertz CT molecular complexity index is 773. The molecule has 0 aromatic heterocycles. The van der Waals surface area contributed by atoms with Gasteiger partial charge in [0.1, 0.15) is 5.92 Å². The van der Waals surface area contributed by atoms with Gasteiger partial charge in [-0.3, -0.25) is 9.79 Å². The molecule has 1 heterocycles. The molecule has 0 saturated heterocycles. The Kier molecular flexibility index (Phi) is 7.53. The van der Waals surface area contributed by atoms with Gasteiger partial charge in [-0.25, -0.2) is 4.79 Å². The summed E-state index contributed by atoms with van der Waals surface area (Å²) < 4.78 is 20.4. The second-order valence-corrected chi connectivity index (χ2v) is 6.23. The van der Waals surface area contributed by atoms with Gasteiger partial charge in [-0.15, -0.1) is 0 Å². The van der Waals surface area contributed by atoms with Crippen molar-refractivity contribution < 1.29 is 28.5 Å². The number of esters is 2. The Labute approximate surface area is 162 Å². The molecule has 27 heavy (non-hydrogen) atoms. The summed E-state index contributed by atoms with van der Waals surface area (Å²) in [5.41, 5.74) is 1.59. The van der Waals surface area contributed by atoms with Crippen molar-refractivity contribution in [1.82, 2.24) is 0 Å². The maximum Gasteiger partial charge on any atom is 0.336 e. The maximum atomic E-state index is 12.7. The first kappa shape index (κ1) is 21.1. The van der Waals surface area contributed by atoms with Crippen molar-refractivity contribution in [2.75, 3.05) is 41.7 Å². The molecule has 1 aromatic rings. The van der Waals surface area contributed by atoms with Crippen LogP contribution in [0.5, 0.6) is 0 Å². The first-order valence-corrected chi connectivity index (χ1v) is 8.56. The first-order valence-electron chi connectivity index (χ1n) is 8.19. The van der Waals surface area contributed by atoms with Gasteiger partial charge in [0.25, 0.3) is 0 Å². The number of rotatable bonds is 7. The van der Waals surface area contributed by atoms with E-state index in [4.69, 9.17) is 30.5 Å². The maximum absolute atomic E-state index is 12.7. The molecule has 0 bridgehead atoms. The lowest BCUT2D eigenvalue weighted by Crippen LogP contribution is -2.39. The van der Waals surface area contributed by atoms with Gasteiger partial charge in [-0.1, -0.05) is 29.8 Å². The van der Waals surface area contributed by atoms with E-state index < -0.39 is 23.8 Å². The van der Waals surface area contributed by atoms with Crippen LogP contribution >= 0.6 is 11.6 Å². The summed E-state index contributed by atoms with van der Waals surface area (Å²) in [6.07, 6.45) is 0. The van der Waals surface area contributed by atoms with E-state index in [1.54, 1.807) is 24.3 Å². The SMILES string of the molecule is COCC1=NC(COC)=C(C(=O)OC)C(c2ccccc2Cl)C1C(=O)OC. The van der Waals surface area contributed by atoms with Crippen LogP contribution in [0.1, 0.15) is 11.5 Å². The van der Waals surface area contributed by atoms with E-state index in [2.05, 4.69) is 4.99 Å². The van der Waals surface area contributed by atoms with Crippen molar-refractivity contribution in [1.29, 1.82) is 0 Å². The zero-order chi connectivity index (χ0) is 20.0. The molecule has 0 N–H and O–H groups in total. The molecule has 0 fully saturated rings. The molecular formula is C19H22ClNO6. The van der Waals surface area contributed by atoms with E-state index in [0.717, 1.165) is 0 Å². The lowest BCUT2D eigenvalue weighted by atomic mass is 9.75. The van der Waals surface area contributed by atoms with E-state index in [9.17, 15) is 9.59 Å². The van der Waals surface area contributed by atoms with Gasteiger partial charge >= 0.3 is 11.9 Å². The van der Waals surface area contributed by atoms with E-state index in [-0.39, 0.29) is 18.8 Å². The summed E-state index contributed by atoms with van der Waals surface area (Å²) in [4.78, 5) is 29.8. The topological polar surface area (TPSA) is 83.4 Å². The molecule has 0 radical (unpaired) electrons. The number of hydrogen-bond donors (Lipinski definition) is 0. The molecule has 8 heteroatoms. The van der Waals surface area contributed by atoms with Gasteiger partial charge in [0, 0.05) is 25.2 Å². The van der Waals surface area contributed by atoms with Crippen LogP contribution in [0.25, 0.3) is 0 Å². The largest absolute Gasteiger partial charge is 0.468 e. The first-order chi connectivity index (χ1) is 13.0. The fourth-order valence-electron chi connectivity index (χ4n) is 3.17. The van der Waals surface area contributed by atoms with Crippen molar-refractivity contribution in [2.24, 2.45) is 10.9 Å². The van der Waals surface area contributed by atoms with Gasteiger partial charge in [-0.2, -0.15) is 0 Å². The van der Waals surface area contributed by atoms with Crippen LogP contribution in [0.4, 0.5) is 0 Å². The molecule has 1 aliphatic rings. The number of methoxy groups -OCH3 is 4. The van der Waals surface area contributed by atoms with Crippen LogP contribution in [0.2, 0.25) is 5.02 Å². The molecule has 0 saturated carbocycles. The lowest BCUT2D eigenvalue weighted by molar-refractivity contribution is -0.144. The molecule has 2 unspecified atom stereocenters. The molecule has 1 aromatic carbocycles. The van der Waals surface area contributed by atoms with E-state index in [1.165, 1.54) is 28.4 Å². The third-order valence-electron chi connectivity index (χ3n) is 4.27. The predicted octanol–water partition coefficient (Wildman–Crippen LogP) is 2.39. The number of halogens is 1. The van der Waals surface area contributed by atoms with Gasteiger partial charge < -0.3 is 18.9 Å². The summed E-state index contributed by atoms with van der Waals surface area (Å²) in [5.74, 6) is -2.79. The monoisotopic (exact) mass is 395 g/mol. The third kappa shape index (κ3) is 4.37. The summed E-state index contributed by atoms with van der Waals surface area (Å²) >= 11 is 6.40. The quantitative estimate of drug-likeness (QED) is 0.659. The third-order valence-corrected chi connectivity index (χ3v) is 4.61. The highest BCUT2D eigenvalue weighted by atomic mass is 35.5. The van der Waals surface area contributed by atoms with Crippen LogP contribution in [0, 0.1) is 5.92 Å². The average Bonchev–Trinajstić information content (AvgIpc) is 2.67. The number of ether oxygens (including phenoxy) is 4. The molecule has 0 aliphatic carbocycles. The molecule has 0 spiro atoms. The highest BCUT2D eigenvalue weighted by molar-refractivity contribution is 6.31. The molecule has 146 valence electrons. The molecule has 2 rings (SSSR count). The fourth-order valence-corrected chi connectivity index (χ4v) is 3.43. The van der Waals surface area contributed by atoms with Crippen LogP contribution < -0.4 is 0 Å². The number of carbonyl (C=O) groups excluding carboxylic acids is 2. The van der Waals surface area contributed by atoms with Crippen molar-refractivity contribution in [2.45, 2.75) is 5.92 Å². The highest BCUT2D eigenvalue weighted by Gasteiger charge is 2.44. The minimum Gasteiger partial charge on any atom is -0.468 e. The second kappa shape index (κ2) is 9.64. The van der Waals surface area contributed by atoms with E-state index in [0.29, 0.717) is 22.0 Å². The standard InChI is InChI=1S/C19H22ClNO6/c1-24-9-13-16(18(22)26-3)15(11-7-5-6-8-12(11)20)17(19(23)27-4)14(21-13)10-25-2/h5-8,15-16H,9-10H2,1-4H3. The normalized spacial score (nSPS) is 19.5. The zero-order valence-electron chi connectivity index (χ0n) is 15.7. The lowest BCUT2D eigenvalue weighted by Gasteiger charge is -2.33. The summed E-state index contributed by atoms with van der Waals surface area (Å²) in [6.45, 7) is 0.148. The molecule has 7 nitrogen and oxygen atoms in total. The van der Waals surface area contributed by atoms with Gasteiger partial charge in [0.05, 0.1) is 44.4 Å². The number of carbonyl (C=O) groups is 2. The second-order valence-electron chi connectivity index (χ2n) is 5.82. The predicted molar refractivity (Wildman–Crippen MR) is 99.9 cm³/mol. The Hall–Kier alpha value is -2.22. The molecule has 2 atom stereocenters. The fraction of sp³-hybridized carbons (Fsp3) is 0.421. The van der Waals surface area contributed by atoms with Crippen molar-refractivity contribution >= 4 is 29.3 Å². The highest BCUT2D eigenvalue weighted by Crippen LogP contribution is 2.42. The Morgan fingerprint density at radius 1 is 1.04 bits per heavy atom. The van der Waals surface area contributed by atoms with Crippen LogP contribution in [0.3, 0.4) is 0 Å². The van der Waals surface area contributed by atoms with Gasteiger partial charge in [0.2, 0.25) is 0 Å². The number of aliphatic imine (C=N–C) groups is 1. The van der Waals surface area contributed by atoms with Gasteiger partial charge in [0.15, 0.2) is 0 Å². The van der Waals surface area contributed by atoms with Crippen molar-refractivity contribution in [3.63, 3.8) is 0 Å². The number of hydrogen-bond acceptors (Lipinski definition) is 7. The Morgan fingerprint density at radius 2 is 1.70 bits per heavy atom. The summed E-state index contributed by atoms with van der Waals surface area (Å²) in [5, 5.41) is 0.410. The molecular weight excluding hydrogens is 374 g/mol.